The normalized spacial score (nSPS) is 12.1. The van der Waals surface area contributed by atoms with Gasteiger partial charge in [-0.05, 0) is 63.8 Å². The van der Waals surface area contributed by atoms with E-state index in [-0.39, 0.29) is 0 Å². The summed E-state index contributed by atoms with van der Waals surface area (Å²) in [5.74, 6) is -0.670. The lowest BCUT2D eigenvalue weighted by atomic mass is 10.1. The summed E-state index contributed by atoms with van der Waals surface area (Å²) in [7, 11) is 4.23. The molecule has 0 atom stereocenters. The fourth-order valence-electron chi connectivity index (χ4n) is 3.47. The van der Waals surface area contributed by atoms with Crippen molar-refractivity contribution in [3.63, 3.8) is 0 Å². The molecule has 3 rings (SSSR count). The van der Waals surface area contributed by atoms with E-state index in [1.165, 1.54) is 40.4 Å². The number of anilines is 2. The molecule has 0 bridgehead atoms. The van der Waals surface area contributed by atoms with Crippen LogP contribution in [-0.4, -0.2) is 43.2 Å². The molecule has 1 aliphatic rings. The first-order chi connectivity index (χ1) is 14.9. The number of hydrogen-bond acceptors (Lipinski definition) is 4. The van der Waals surface area contributed by atoms with Gasteiger partial charge >= 0.3 is 5.97 Å². The number of carbonyl (C=O) groups is 1. The average Bonchev–Trinajstić information content (AvgIpc) is 2.73. The smallest absolute Gasteiger partial charge is 0.303 e. The van der Waals surface area contributed by atoms with Gasteiger partial charge in [0.1, 0.15) is 0 Å². The quantitative estimate of drug-likeness (QED) is 0.374. The summed E-state index contributed by atoms with van der Waals surface area (Å²) in [6.07, 6.45) is 7.01. The zero-order valence-corrected chi connectivity index (χ0v) is 20.5. The van der Waals surface area contributed by atoms with E-state index < -0.39 is 5.97 Å². The van der Waals surface area contributed by atoms with Gasteiger partial charge < -0.3 is 14.9 Å². The maximum absolute atomic E-state index is 10.0. The van der Waals surface area contributed by atoms with Gasteiger partial charge in [0.15, 0.2) is 0 Å². The topological polar surface area (TPSA) is 43.8 Å². The minimum absolute atomic E-state index is 0.337. The highest BCUT2D eigenvalue weighted by molar-refractivity contribution is 7.99. The Hall–Kier alpha value is -1.69. The predicted octanol–water partition coefficient (Wildman–Crippen LogP) is 7.33. The number of fused-ring (bicyclic) bond motifs is 2. The van der Waals surface area contributed by atoms with Gasteiger partial charge in [0, 0.05) is 27.8 Å². The van der Waals surface area contributed by atoms with E-state index in [0.29, 0.717) is 6.42 Å². The van der Waals surface area contributed by atoms with Gasteiger partial charge in [-0.25, -0.2) is 0 Å². The summed E-state index contributed by atoms with van der Waals surface area (Å²) in [6.45, 7) is 4.24. The van der Waals surface area contributed by atoms with E-state index in [0.717, 1.165) is 37.4 Å². The predicted molar refractivity (Wildman–Crippen MR) is 133 cm³/mol. The minimum Gasteiger partial charge on any atom is -0.481 e. The fourth-order valence-corrected chi connectivity index (χ4v) is 4.71. The van der Waals surface area contributed by atoms with Crippen LogP contribution in [0.4, 0.5) is 11.4 Å². The molecule has 0 saturated carbocycles. The number of nitrogens with zero attached hydrogens (tertiary/aromatic N) is 2. The Balaban J connectivity index is 0.000000291. The van der Waals surface area contributed by atoms with Crippen LogP contribution in [0.25, 0.3) is 0 Å². The van der Waals surface area contributed by atoms with E-state index in [1.807, 2.05) is 17.8 Å². The molecular formula is C25H35ClN2O2S. The Morgan fingerprint density at radius 2 is 1.71 bits per heavy atom. The van der Waals surface area contributed by atoms with Gasteiger partial charge in [-0.3, -0.25) is 4.79 Å². The molecule has 170 valence electrons. The van der Waals surface area contributed by atoms with Crippen molar-refractivity contribution in [2.45, 2.75) is 61.7 Å². The Morgan fingerprint density at radius 1 is 1.00 bits per heavy atom. The van der Waals surface area contributed by atoms with Crippen molar-refractivity contribution in [1.82, 2.24) is 4.90 Å². The third-order valence-corrected chi connectivity index (χ3v) is 6.43. The molecule has 0 aliphatic carbocycles. The van der Waals surface area contributed by atoms with Crippen LogP contribution in [0, 0.1) is 0 Å². The van der Waals surface area contributed by atoms with Gasteiger partial charge in [-0.1, -0.05) is 68.1 Å². The summed E-state index contributed by atoms with van der Waals surface area (Å²) >= 11 is 8.03. The maximum Gasteiger partial charge on any atom is 0.303 e. The first-order valence-electron chi connectivity index (χ1n) is 11.1. The fraction of sp³-hybridized carbons (Fsp3) is 0.480. The van der Waals surface area contributed by atoms with Crippen LogP contribution in [-0.2, 0) is 4.79 Å². The van der Waals surface area contributed by atoms with Crippen molar-refractivity contribution in [1.29, 1.82) is 0 Å². The molecule has 4 nitrogen and oxygen atoms in total. The number of para-hydroxylation sites is 1. The van der Waals surface area contributed by atoms with Crippen LogP contribution in [0.3, 0.4) is 0 Å². The molecular weight excluding hydrogens is 428 g/mol. The third-order valence-electron chi connectivity index (χ3n) is 5.07. The van der Waals surface area contributed by atoms with Gasteiger partial charge in [-0.2, -0.15) is 0 Å². The highest BCUT2D eigenvalue weighted by Crippen LogP contribution is 2.48. The first-order valence-corrected chi connectivity index (χ1v) is 12.3. The number of carboxylic acids is 1. The summed E-state index contributed by atoms with van der Waals surface area (Å²) in [5, 5.41) is 9.07. The molecule has 0 saturated heterocycles. The van der Waals surface area contributed by atoms with Crippen molar-refractivity contribution in [3.05, 3.63) is 47.5 Å². The second-order valence-electron chi connectivity index (χ2n) is 8.05. The van der Waals surface area contributed by atoms with E-state index in [1.54, 1.807) is 0 Å². The number of aliphatic carboxylic acids is 1. The molecule has 1 aliphatic heterocycles. The number of hydrogen-bond donors (Lipinski definition) is 1. The van der Waals surface area contributed by atoms with Crippen LogP contribution in [0.15, 0.2) is 52.3 Å². The van der Waals surface area contributed by atoms with Crippen LogP contribution >= 0.6 is 23.4 Å². The molecule has 0 unspecified atom stereocenters. The van der Waals surface area contributed by atoms with Crippen LogP contribution in [0.2, 0.25) is 5.02 Å². The SMILES string of the molecule is CCCCCCCC(=O)O.CN(C)CCCN1c2ccccc2Sc2ccc(Cl)cc21. The zero-order chi connectivity index (χ0) is 22.6. The molecule has 2 aromatic carbocycles. The van der Waals surface area contributed by atoms with Crippen molar-refractivity contribution < 1.29 is 9.90 Å². The largest absolute Gasteiger partial charge is 0.481 e. The van der Waals surface area contributed by atoms with Gasteiger partial charge in [-0.15, -0.1) is 0 Å². The highest BCUT2D eigenvalue weighted by Gasteiger charge is 2.22. The second-order valence-corrected chi connectivity index (χ2v) is 9.57. The molecule has 1 heterocycles. The number of benzene rings is 2. The number of unbranched alkanes of at least 4 members (excludes halogenated alkanes) is 4. The van der Waals surface area contributed by atoms with E-state index in [4.69, 9.17) is 16.7 Å². The monoisotopic (exact) mass is 462 g/mol. The van der Waals surface area contributed by atoms with Crippen molar-refractivity contribution in [2.24, 2.45) is 0 Å². The van der Waals surface area contributed by atoms with Gasteiger partial charge in [0.05, 0.1) is 11.4 Å². The van der Waals surface area contributed by atoms with E-state index in [9.17, 15) is 4.79 Å². The van der Waals surface area contributed by atoms with Crippen molar-refractivity contribution in [2.75, 3.05) is 32.1 Å². The Bertz CT molecular complexity index is 829. The molecule has 0 radical (unpaired) electrons. The molecule has 31 heavy (non-hydrogen) atoms. The molecule has 1 N–H and O–H groups in total. The lowest BCUT2D eigenvalue weighted by Gasteiger charge is -2.33. The molecule has 0 aromatic heterocycles. The van der Waals surface area contributed by atoms with Crippen LogP contribution in [0.1, 0.15) is 51.9 Å². The standard InChI is InChI=1S/C17H19ClN2S.C8H16O2/c1-19(2)10-5-11-20-14-6-3-4-7-16(14)21-17-9-8-13(18)12-15(17)20;1-2-3-4-5-6-7-8(9)10/h3-4,6-9,12H,5,10-11H2,1-2H3;2-7H2,1H3,(H,9,10). The molecule has 0 amide bonds. The van der Waals surface area contributed by atoms with Gasteiger partial charge in [0.2, 0.25) is 0 Å². The Labute approximate surface area is 196 Å². The van der Waals surface area contributed by atoms with Crippen molar-refractivity contribution in [3.8, 4) is 0 Å². The summed E-state index contributed by atoms with van der Waals surface area (Å²) in [5.41, 5.74) is 2.51. The third kappa shape index (κ3) is 8.76. The molecule has 0 spiro atoms. The second kappa shape index (κ2) is 13.7. The number of halogens is 1. The zero-order valence-electron chi connectivity index (χ0n) is 18.9. The lowest BCUT2D eigenvalue weighted by molar-refractivity contribution is -0.137. The summed E-state index contributed by atoms with van der Waals surface area (Å²) in [4.78, 5) is 17.3. The van der Waals surface area contributed by atoms with E-state index >= 15 is 0 Å². The lowest BCUT2D eigenvalue weighted by Crippen LogP contribution is -2.25. The van der Waals surface area contributed by atoms with Crippen molar-refractivity contribution >= 4 is 40.7 Å². The number of carboxylic acid groups (broad SMARTS) is 1. The molecule has 6 heteroatoms. The maximum atomic E-state index is 10.0. The summed E-state index contributed by atoms with van der Waals surface area (Å²) < 4.78 is 0. The average molecular weight is 463 g/mol. The summed E-state index contributed by atoms with van der Waals surface area (Å²) in [6, 6.07) is 14.8. The Morgan fingerprint density at radius 3 is 2.42 bits per heavy atom. The highest BCUT2D eigenvalue weighted by atomic mass is 35.5. The van der Waals surface area contributed by atoms with Crippen LogP contribution in [0.5, 0.6) is 0 Å². The van der Waals surface area contributed by atoms with E-state index in [2.05, 4.69) is 67.2 Å². The van der Waals surface area contributed by atoms with Crippen LogP contribution < -0.4 is 4.90 Å². The van der Waals surface area contributed by atoms with Gasteiger partial charge in [0.25, 0.3) is 0 Å². The molecule has 0 fully saturated rings. The minimum atomic E-state index is -0.670. The first kappa shape index (κ1) is 25.6. The Kier molecular flexibility index (Phi) is 11.3. The molecule has 2 aromatic rings. The number of rotatable bonds is 10.